The Bertz CT molecular complexity index is 1870. The number of nitrogens with one attached hydrogen (secondary N) is 1. The van der Waals surface area contributed by atoms with Crippen molar-refractivity contribution in [2.24, 2.45) is 0 Å². The molecule has 7 nitrogen and oxygen atoms in total. The molecule has 1 aliphatic rings. The van der Waals surface area contributed by atoms with Gasteiger partial charge in [-0.05, 0) is 76.3 Å². The zero-order valence-electron chi connectivity index (χ0n) is 28.1. The minimum atomic E-state index is -0.574. The van der Waals surface area contributed by atoms with Crippen LogP contribution in [0.2, 0.25) is 0 Å². The lowest BCUT2D eigenvalue weighted by Crippen LogP contribution is -2.38. The third-order valence-corrected chi connectivity index (χ3v) is 9.21. The third-order valence-electron chi connectivity index (χ3n) is 9.21. The average molecular weight is 657 g/mol. The second-order valence-corrected chi connectivity index (χ2v) is 12.6. The zero-order valence-corrected chi connectivity index (χ0v) is 28.1. The molecule has 0 saturated carbocycles. The van der Waals surface area contributed by atoms with Gasteiger partial charge < -0.3 is 24.6 Å². The number of rotatable bonds is 12. The number of hydrogen-bond donors (Lipinski definition) is 2. The lowest BCUT2D eigenvalue weighted by atomic mass is 9.97. The van der Waals surface area contributed by atoms with Crippen LogP contribution in [0.3, 0.4) is 0 Å². The number of aliphatic hydroxyl groups excluding tert-OH is 1. The molecule has 0 radical (unpaired) electrons. The fourth-order valence-electron chi connectivity index (χ4n) is 6.32. The molecule has 5 aromatic rings. The van der Waals surface area contributed by atoms with Crippen LogP contribution in [0, 0.1) is 0 Å². The molecular formula is C42H44N2O5. The summed E-state index contributed by atoms with van der Waals surface area (Å²) in [7, 11) is 2.15. The van der Waals surface area contributed by atoms with Gasteiger partial charge in [-0.1, -0.05) is 110 Å². The quantitative estimate of drug-likeness (QED) is 0.131. The van der Waals surface area contributed by atoms with E-state index in [-0.39, 0.29) is 31.5 Å². The first kappa shape index (κ1) is 34.1. The van der Waals surface area contributed by atoms with Crippen LogP contribution in [0.25, 0.3) is 21.9 Å². The van der Waals surface area contributed by atoms with E-state index in [2.05, 4.69) is 97.5 Å². The van der Waals surface area contributed by atoms with E-state index in [4.69, 9.17) is 14.2 Å². The normalized spacial score (nSPS) is 18.2. The fourth-order valence-corrected chi connectivity index (χ4v) is 6.32. The van der Waals surface area contributed by atoms with Gasteiger partial charge >= 0.3 is 6.09 Å². The molecular weight excluding hydrogens is 612 g/mol. The average Bonchev–Trinajstić information content (AvgIpc) is 3.15. The maximum Gasteiger partial charge on any atom is 0.407 e. The smallest absolute Gasteiger partial charge is 0.407 e. The van der Waals surface area contributed by atoms with Gasteiger partial charge in [0.25, 0.3) is 0 Å². The Morgan fingerprint density at radius 1 is 0.898 bits per heavy atom. The van der Waals surface area contributed by atoms with Crippen LogP contribution >= 0.6 is 0 Å². The molecule has 252 valence electrons. The molecule has 7 heteroatoms. The zero-order chi connectivity index (χ0) is 34.2. The van der Waals surface area contributed by atoms with Gasteiger partial charge in [-0.25, -0.2) is 4.79 Å². The van der Waals surface area contributed by atoms with Crippen LogP contribution in [0.5, 0.6) is 0 Å². The Kier molecular flexibility index (Phi) is 11.2. The summed E-state index contributed by atoms with van der Waals surface area (Å²) < 4.78 is 18.4. The maximum atomic E-state index is 11.9. The molecule has 0 bridgehead atoms. The summed E-state index contributed by atoms with van der Waals surface area (Å²) in [5, 5.41) is 14.9. The van der Waals surface area contributed by atoms with E-state index in [9.17, 15) is 9.90 Å². The van der Waals surface area contributed by atoms with E-state index in [1.54, 1.807) is 0 Å². The minimum Gasteiger partial charge on any atom is -0.445 e. The fraction of sp³-hybridized carbons (Fsp3) is 0.262. The highest BCUT2D eigenvalue weighted by Crippen LogP contribution is 2.39. The Hall–Kier alpha value is -4.79. The summed E-state index contributed by atoms with van der Waals surface area (Å²) in [5.74, 6) is 0. The van der Waals surface area contributed by atoms with Gasteiger partial charge in [0.15, 0.2) is 6.29 Å². The lowest BCUT2D eigenvalue weighted by molar-refractivity contribution is -0.253. The number of nitrogens with zero attached hydrogens (tertiary/aromatic N) is 1. The predicted octanol–water partition coefficient (Wildman–Crippen LogP) is 8.65. The van der Waals surface area contributed by atoms with Crippen molar-refractivity contribution < 1.29 is 24.1 Å². The number of likely N-dealkylation sites (N-methyl/N-ethyl adjacent to an activating group) is 1. The highest BCUT2D eigenvalue weighted by Gasteiger charge is 2.33. The molecule has 1 amide bonds. The molecule has 1 aliphatic heterocycles. The second-order valence-electron chi connectivity index (χ2n) is 12.6. The van der Waals surface area contributed by atoms with Gasteiger partial charge in [0.1, 0.15) is 6.61 Å². The van der Waals surface area contributed by atoms with E-state index >= 15 is 0 Å². The second kappa shape index (κ2) is 16.1. The number of amides is 1. The molecule has 5 aromatic carbocycles. The van der Waals surface area contributed by atoms with E-state index in [0.29, 0.717) is 13.0 Å². The first-order chi connectivity index (χ1) is 23.9. The standard InChI is InChI=1S/C42H44N2O5/c1-4-21-47-42(46)43-26-31-9-7-12-35(22-31)37-13-8-14-38(24-37)41-48-39(25-40(49-41)33-17-15-30(28-45)16-18-33)27-44(3)29(2)34-20-19-32-10-5-6-11-36(32)23-34/h4-20,22-24,29,39-41,45H,1,21,25-28H2,2-3H3,(H,43,46)/t29-,39+,40-,41-/m1/s1. The van der Waals surface area contributed by atoms with Crippen molar-refractivity contribution in [1.82, 2.24) is 10.2 Å². The number of carbonyl (C=O) groups is 1. The summed E-state index contributed by atoms with van der Waals surface area (Å²) in [4.78, 5) is 14.3. The van der Waals surface area contributed by atoms with Crippen molar-refractivity contribution >= 4 is 16.9 Å². The molecule has 1 fully saturated rings. The SMILES string of the molecule is C=CCOC(=O)NCc1cccc(-c2cccc([C@@H]3O[C@H](CN(C)[C@H](C)c4ccc5ccccc5c4)C[C@H](c4ccc(CO)cc4)O3)c2)c1. The van der Waals surface area contributed by atoms with E-state index in [0.717, 1.165) is 39.9 Å². The summed E-state index contributed by atoms with van der Waals surface area (Å²) >= 11 is 0. The molecule has 2 N–H and O–H groups in total. The van der Waals surface area contributed by atoms with E-state index in [1.165, 1.54) is 22.4 Å². The van der Waals surface area contributed by atoms with E-state index in [1.807, 2.05) is 48.5 Å². The largest absolute Gasteiger partial charge is 0.445 e. The summed E-state index contributed by atoms with van der Waals surface area (Å²) in [5.41, 5.74) is 7.12. The number of alkyl carbamates (subject to hydrolysis) is 1. The third kappa shape index (κ3) is 8.63. The van der Waals surface area contributed by atoms with Gasteiger partial charge in [0, 0.05) is 31.1 Å². The van der Waals surface area contributed by atoms with Gasteiger partial charge in [-0.3, -0.25) is 4.90 Å². The van der Waals surface area contributed by atoms with Crippen molar-refractivity contribution in [2.45, 2.75) is 51.0 Å². The summed E-state index contributed by atoms with van der Waals surface area (Å²) in [6.07, 6.45) is 0.914. The first-order valence-electron chi connectivity index (χ1n) is 16.8. The molecule has 1 saturated heterocycles. The molecule has 0 aliphatic carbocycles. The number of ether oxygens (including phenoxy) is 3. The predicted molar refractivity (Wildman–Crippen MR) is 194 cm³/mol. The maximum absolute atomic E-state index is 11.9. The van der Waals surface area contributed by atoms with Crippen molar-refractivity contribution in [3.8, 4) is 11.1 Å². The highest BCUT2D eigenvalue weighted by atomic mass is 16.7. The molecule has 0 spiro atoms. The first-order valence-corrected chi connectivity index (χ1v) is 16.8. The minimum absolute atomic E-state index is 0.00106. The van der Waals surface area contributed by atoms with Crippen molar-refractivity contribution in [3.63, 3.8) is 0 Å². The Balaban J connectivity index is 1.21. The molecule has 4 atom stereocenters. The van der Waals surface area contributed by atoms with Crippen LogP contribution in [-0.2, 0) is 27.4 Å². The highest BCUT2D eigenvalue weighted by molar-refractivity contribution is 5.83. The number of aliphatic hydroxyl groups is 1. The number of fused-ring (bicyclic) bond motifs is 1. The topological polar surface area (TPSA) is 80.3 Å². The molecule has 6 rings (SSSR count). The lowest BCUT2D eigenvalue weighted by Gasteiger charge is -2.39. The van der Waals surface area contributed by atoms with Crippen molar-refractivity contribution in [2.75, 3.05) is 20.2 Å². The van der Waals surface area contributed by atoms with Crippen LogP contribution in [0.4, 0.5) is 4.79 Å². The van der Waals surface area contributed by atoms with Gasteiger partial charge in [-0.2, -0.15) is 0 Å². The summed E-state index contributed by atoms with van der Waals surface area (Å²) in [6, 6.07) is 39.6. The molecule has 0 unspecified atom stereocenters. The molecule has 1 heterocycles. The van der Waals surface area contributed by atoms with Gasteiger partial charge in [0.05, 0.1) is 18.8 Å². The Labute approximate surface area is 288 Å². The van der Waals surface area contributed by atoms with Crippen LogP contribution in [0.1, 0.15) is 59.6 Å². The van der Waals surface area contributed by atoms with Crippen molar-refractivity contribution in [3.05, 3.63) is 156 Å². The number of benzene rings is 5. The van der Waals surface area contributed by atoms with E-state index < -0.39 is 12.4 Å². The monoisotopic (exact) mass is 656 g/mol. The van der Waals surface area contributed by atoms with Crippen LogP contribution < -0.4 is 5.32 Å². The number of carbonyl (C=O) groups excluding carboxylic acids is 1. The molecule has 49 heavy (non-hydrogen) atoms. The van der Waals surface area contributed by atoms with Crippen molar-refractivity contribution in [1.29, 1.82) is 0 Å². The number of hydrogen-bond acceptors (Lipinski definition) is 6. The Morgan fingerprint density at radius 3 is 2.43 bits per heavy atom. The Morgan fingerprint density at radius 2 is 1.65 bits per heavy atom. The van der Waals surface area contributed by atoms with Crippen LogP contribution in [0.15, 0.2) is 128 Å². The summed E-state index contributed by atoms with van der Waals surface area (Å²) in [6.45, 7) is 7.05. The van der Waals surface area contributed by atoms with Gasteiger partial charge in [0.2, 0.25) is 0 Å². The van der Waals surface area contributed by atoms with Crippen LogP contribution in [-0.4, -0.2) is 42.4 Å². The molecule has 0 aromatic heterocycles. The van der Waals surface area contributed by atoms with Gasteiger partial charge in [-0.15, -0.1) is 0 Å².